The van der Waals surface area contributed by atoms with E-state index in [1.54, 1.807) is 6.07 Å². The first kappa shape index (κ1) is 27.5. The van der Waals surface area contributed by atoms with Crippen molar-refractivity contribution >= 4 is 29.1 Å². The van der Waals surface area contributed by atoms with E-state index in [9.17, 15) is 14.0 Å². The van der Waals surface area contributed by atoms with E-state index in [4.69, 9.17) is 11.6 Å². The number of amides is 2. The second kappa shape index (κ2) is 11.0. The van der Waals surface area contributed by atoms with Gasteiger partial charge in [-0.3, -0.25) is 9.59 Å². The number of halogens is 2. The van der Waals surface area contributed by atoms with Crippen molar-refractivity contribution in [2.24, 2.45) is 5.41 Å². The molecule has 3 aromatic carbocycles. The number of anilines is 1. The van der Waals surface area contributed by atoms with Gasteiger partial charge in [0.2, 0.25) is 0 Å². The quantitative estimate of drug-likeness (QED) is 0.316. The summed E-state index contributed by atoms with van der Waals surface area (Å²) >= 11 is 6.43. The van der Waals surface area contributed by atoms with E-state index in [1.807, 2.05) is 46.2 Å². The molecule has 2 heterocycles. The normalized spacial score (nSPS) is 21.3. The van der Waals surface area contributed by atoms with Gasteiger partial charge in [-0.1, -0.05) is 29.8 Å². The van der Waals surface area contributed by atoms with Crippen LogP contribution < -0.4 is 4.90 Å². The van der Waals surface area contributed by atoms with Crippen molar-refractivity contribution in [3.63, 3.8) is 0 Å². The largest absolute Gasteiger partial charge is 0.371 e. The number of aryl methyl sites for hydroxylation is 1. The van der Waals surface area contributed by atoms with Crippen molar-refractivity contribution in [1.29, 1.82) is 0 Å². The van der Waals surface area contributed by atoms with Gasteiger partial charge in [0, 0.05) is 43.5 Å². The summed E-state index contributed by atoms with van der Waals surface area (Å²) in [5.41, 5.74) is 5.00. The zero-order valence-electron chi connectivity index (χ0n) is 23.9. The number of benzene rings is 3. The van der Waals surface area contributed by atoms with E-state index >= 15 is 0 Å². The third-order valence-corrected chi connectivity index (χ3v) is 10.5. The zero-order valence-corrected chi connectivity index (χ0v) is 24.7. The molecule has 42 heavy (non-hydrogen) atoms. The fourth-order valence-corrected chi connectivity index (χ4v) is 7.67. The van der Waals surface area contributed by atoms with Gasteiger partial charge in [-0.05, 0) is 116 Å². The van der Waals surface area contributed by atoms with Crippen LogP contribution in [0, 0.1) is 11.2 Å². The summed E-state index contributed by atoms with van der Waals surface area (Å²) in [6, 6.07) is 20.4. The summed E-state index contributed by atoms with van der Waals surface area (Å²) in [6.07, 6.45) is 8.05. The maximum Gasteiger partial charge on any atom is 0.256 e. The van der Waals surface area contributed by atoms with E-state index in [2.05, 4.69) is 17.0 Å². The van der Waals surface area contributed by atoms with Crippen molar-refractivity contribution < 1.29 is 14.0 Å². The molecule has 1 atom stereocenters. The number of likely N-dealkylation sites (tertiary alicyclic amines) is 1. The molecule has 3 fully saturated rings. The first-order valence-electron chi connectivity index (χ1n) is 15.4. The SMILES string of the molecule is O=C(c1ccc2c(c1)C(N(C(=O)c1ccccc1Cl)C1CC1)CC2)N1CCC2(CC1)CCN(c1ccc(F)cc1)CC2. The van der Waals surface area contributed by atoms with Crippen molar-refractivity contribution in [2.75, 3.05) is 31.1 Å². The highest BCUT2D eigenvalue weighted by molar-refractivity contribution is 6.33. The second-order valence-electron chi connectivity index (χ2n) is 12.6. The molecule has 7 heteroatoms. The number of piperidine rings is 2. The Morgan fingerprint density at radius 2 is 1.55 bits per heavy atom. The Bertz CT molecular complexity index is 1490. The highest BCUT2D eigenvalue weighted by Gasteiger charge is 2.42. The Morgan fingerprint density at radius 1 is 0.857 bits per heavy atom. The van der Waals surface area contributed by atoms with Crippen LogP contribution in [-0.2, 0) is 6.42 Å². The maximum absolute atomic E-state index is 13.7. The van der Waals surface area contributed by atoms with E-state index in [-0.39, 0.29) is 35.1 Å². The van der Waals surface area contributed by atoms with Crippen molar-refractivity contribution in [1.82, 2.24) is 9.80 Å². The summed E-state index contributed by atoms with van der Waals surface area (Å²) in [5, 5.41) is 0.485. The standard InChI is InChI=1S/C35H37ClFN3O2/c36-31-4-2-1-3-29(31)34(42)40(28-12-13-28)32-14-7-24-5-6-25(23-30(24)32)33(41)39-21-17-35(18-22-39)15-19-38(20-16-35)27-10-8-26(37)9-11-27/h1-6,8-11,23,28,32H,7,12-22H2. The van der Waals surface area contributed by atoms with Crippen LogP contribution in [0.2, 0.25) is 5.02 Å². The Kier molecular flexibility index (Phi) is 7.21. The predicted octanol–water partition coefficient (Wildman–Crippen LogP) is 7.29. The molecule has 5 nitrogen and oxygen atoms in total. The average Bonchev–Trinajstić information content (AvgIpc) is 3.77. The van der Waals surface area contributed by atoms with Gasteiger partial charge in [0.15, 0.2) is 0 Å². The third kappa shape index (κ3) is 5.19. The van der Waals surface area contributed by atoms with Crippen LogP contribution in [0.15, 0.2) is 66.7 Å². The molecule has 218 valence electrons. The van der Waals surface area contributed by atoms with Gasteiger partial charge in [0.25, 0.3) is 11.8 Å². The molecule has 4 aliphatic rings. The monoisotopic (exact) mass is 585 g/mol. The molecule has 1 unspecified atom stereocenters. The lowest BCUT2D eigenvalue weighted by atomic mass is 9.71. The minimum atomic E-state index is -0.200. The molecule has 0 aromatic heterocycles. The van der Waals surface area contributed by atoms with Crippen molar-refractivity contribution in [3.8, 4) is 0 Å². The Hall–Kier alpha value is -3.38. The van der Waals surface area contributed by atoms with Crippen LogP contribution in [0.5, 0.6) is 0 Å². The molecule has 0 bridgehead atoms. The number of hydrogen-bond acceptors (Lipinski definition) is 3. The van der Waals surface area contributed by atoms with E-state index < -0.39 is 0 Å². The van der Waals surface area contributed by atoms with Crippen LogP contribution in [0.1, 0.15) is 82.8 Å². The van der Waals surface area contributed by atoms with E-state index in [0.717, 1.165) is 94.4 Å². The maximum atomic E-state index is 13.7. The fraction of sp³-hybridized carbons (Fsp3) is 0.429. The Labute approximate surface area is 252 Å². The molecule has 2 aliphatic heterocycles. The molecular formula is C35H37ClFN3O2. The third-order valence-electron chi connectivity index (χ3n) is 10.2. The van der Waals surface area contributed by atoms with Crippen LogP contribution in [0.3, 0.4) is 0 Å². The Balaban J connectivity index is 1.02. The number of fused-ring (bicyclic) bond motifs is 1. The molecule has 1 spiro atoms. The van der Waals surface area contributed by atoms with Crippen LogP contribution >= 0.6 is 11.6 Å². The van der Waals surface area contributed by atoms with Crippen molar-refractivity contribution in [2.45, 2.75) is 63.5 Å². The smallest absolute Gasteiger partial charge is 0.256 e. The topological polar surface area (TPSA) is 43.9 Å². The number of nitrogens with zero attached hydrogens (tertiary/aromatic N) is 3. The number of hydrogen-bond donors (Lipinski definition) is 0. The fourth-order valence-electron chi connectivity index (χ4n) is 7.45. The number of carbonyl (C=O) groups excluding carboxylic acids is 2. The van der Waals surface area contributed by atoms with E-state index in [0.29, 0.717) is 10.6 Å². The van der Waals surface area contributed by atoms with Gasteiger partial charge in [-0.2, -0.15) is 0 Å². The first-order valence-corrected chi connectivity index (χ1v) is 15.8. The minimum Gasteiger partial charge on any atom is -0.371 e. The van der Waals surface area contributed by atoms with Crippen LogP contribution in [0.25, 0.3) is 0 Å². The summed E-state index contributed by atoms with van der Waals surface area (Å²) < 4.78 is 13.4. The molecule has 1 saturated carbocycles. The second-order valence-corrected chi connectivity index (χ2v) is 13.1. The van der Waals surface area contributed by atoms with Crippen molar-refractivity contribution in [3.05, 3.63) is 99.8 Å². The summed E-state index contributed by atoms with van der Waals surface area (Å²) in [7, 11) is 0. The average molecular weight is 586 g/mol. The predicted molar refractivity (Wildman–Crippen MR) is 164 cm³/mol. The lowest BCUT2D eigenvalue weighted by molar-refractivity contribution is 0.0515. The number of rotatable bonds is 5. The molecule has 0 N–H and O–H groups in total. The van der Waals surface area contributed by atoms with Gasteiger partial charge >= 0.3 is 0 Å². The van der Waals surface area contributed by atoms with Gasteiger partial charge in [-0.25, -0.2) is 4.39 Å². The lowest BCUT2D eigenvalue weighted by Crippen LogP contribution is -2.48. The molecule has 0 radical (unpaired) electrons. The molecule has 2 amide bonds. The van der Waals surface area contributed by atoms with Gasteiger partial charge in [0.1, 0.15) is 5.82 Å². The van der Waals surface area contributed by atoms with Gasteiger partial charge in [-0.15, -0.1) is 0 Å². The van der Waals surface area contributed by atoms with Gasteiger partial charge in [0.05, 0.1) is 16.6 Å². The molecular weight excluding hydrogens is 549 g/mol. The molecule has 2 aliphatic carbocycles. The highest BCUT2D eigenvalue weighted by Crippen LogP contribution is 2.45. The Morgan fingerprint density at radius 3 is 2.24 bits per heavy atom. The van der Waals surface area contributed by atoms with Crippen LogP contribution in [0.4, 0.5) is 10.1 Å². The minimum absolute atomic E-state index is 0.00974. The molecule has 7 rings (SSSR count). The first-order chi connectivity index (χ1) is 20.4. The zero-order chi connectivity index (χ0) is 28.8. The van der Waals surface area contributed by atoms with Crippen LogP contribution in [-0.4, -0.2) is 53.8 Å². The summed E-state index contributed by atoms with van der Waals surface area (Å²) in [6.45, 7) is 3.48. The number of carbonyl (C=O) groups is 2. The molecule has 3 aromatic rings. The summed E-state index contributed by atoms with van der Waals surface area (Å²) in [5.74, 6) is -0.115. The highest BCUT2D eigenvalue weighted by atomic mass is 35.5. The van der Waals surface area contributed by atoms with E-state index in [1.165, 1.54) is 17.7 Å². The molecule has 2 saturated heterocycles. The lowest BCUT2D eigenvalue weighted by Gasteiger charge is -2.47. The van der Waals surface area contributed by atoms with Gasteiger partial charge < -0.3 is 14.7 Å². The summed E-state index contributed by atoms with van der Waals surface area (Å²) in [4.78, 5) is 33.9.